The van der Waals surface area contributed by atoms with Crippen LogP contribution in [-0.4, -0.2) is 24.5 Å². The summed E-state index contributed by atoms with van der Waals surface area (Å²) < 4.78 is 36.7. The van der Waals surface area contributed by atoms with Gasteiger partial charge in [-0.15, -0.1) is 0 Å². The van der Waals surface area contributed by atoms with Gasteiger partial charge in [-0.2, -0.15) is 0 Å². The van der Waals surface area contributed by atoms with E-state index in [1.807, 2.05) is 6.92 Å². The molecule has 0 bridgehead atoms. The van der Waals surface area contributed by atoms with Crippen molar-refractivity contribution in [3.8, 4) is 0 Å². The summed E-state index contributed by atoms with van der Waals surface area (Å²) in [4.78, 5) is 14.5. The van der Waals surface area contributed by atoms with Crippen LogP contribution in [0.5, 0.6) is 0 Å². The predicted octanol–water partition coefficient (Wildman–Crippen LogP) is 1.32. The highest BCUT2D eigenvalue weighted by Crippen LogP contribution is 2.20. The van der Waals surface area contributed by atoms with Crippen molar-refractivity contribution in [3.63, 3.8) is 0 Å². The second kappa shape index (κ2) is 5.70. The summed E-state index contributed by atoms with van der Waals surface area (Å²) in [6, 6.07) is 0.965. The molecular formula is C12H14N2O6S. The molecule has 2 aromatic heterocycles. The maximum atomic E-state index is 12.1. The Morgan fingerprint density at radius 3 is 2.67 bits per heavy atom. The second-order valence-electron chi connectivity index (χ2n) is 4.23. The number of hydrogen-bond donors (Lipinski definition) is 2. The van der Waals surface area contributed by atoms with E-state index in [0.29, 0.717) is 12.2 Å². The number of carboxylic acids is 1. The third kappa shape index (κ3) is 3.31. The minimum absolute atomic E-state index is 0.00144. The highest BCUT2D eigenvalue weighted by molar-refractivity contribution is 7.89. The Labute approximate surface area is 120 Å². The molecule has 2 rings (SSSR count). The van der Waals surface area contributed by atoms with Gasteiger partial charge in [-0.3, -0.25) is 0 Å². The smallest absolute Gasteiger partial charge is 0.371 e. The van der Waals surface area contributed by atoms with Crippen LogP contribution >= 0.6 is 0 Å². The molecule has 8 nitrogen and oxygen atoms in total. The zero-order chi connectivity index (χ0) is 15.6. The summed E-state index contributed by atoms with van der Waals surface area (Å²) in [6.45, 7) is 3.13. The van der Waals surface area contributed by atoms with Crippen molar-refractivity contribution in [3.05, 3.63) is 35.4 Å². The molecule has 0 unspecified atom stereocenters. The molecular weight excluding hydrogens is 300 g/mol. The van der Waals surface area contributed by atoms with E-state index in [1.165, 1.54) is 13.1 Å². The molecule has 0 atom stereocenters. The van der Waals surface area contributed by atoms with Crippen molar-refractivity contribution in [2.45, 2.75) is 31.7 Å². The maximum absolute atomic E-state index is 12.1. The molecule has 2 heterocycles. The van der Waals surface area contributed by atoms with Crippen LogP contribution in [0.15, 0.2) is 26.0 Å². The average Bonchev–Trinajstić information content (AvgIpc) is 3.03. The Hall–Kier alpha value is -2.13. The number of aromatic carboxylic acids is 1. The van der Waals surface area contributed by atoms with Crippen LogP contribution in [0.4, 0.5) is 0 Å². The molecule has 114 valence electrons. The third-order valence-electron chi connectivity index (χ3n) is 2.74. The molecule has 0 spiro atoms. The fourth-order valence-corrected chi connectivity index (χ4v) is 2.82. The summed E-state index contributed by atoms with van der Waals surface area (Å²) in [6.07, 6.45) is 2.18. The van der Waals surface area contributed by atoms with Crippen molar-refractivity contribution in [2.24, 2.45) is 0 Å². The van der Waals surface area contributed by atoms with E-state index in [-0.39, 0.29) is 23.1 Å². The highest BCUT2D eigenvalue weighted by Gasteiger charge is 2.24. The van der Waals surface area contributed by atoms with Crippen LogP contribution in [0, 0.1) is 6.92 Å². The highest BCUT2D eigenvalue weighted by atomic mass is 32.2. The lowest BCUT2D eigenvalue weighted by molar-refractivity contribution is 0.0661. The lowest BCUT2D eigenvalue weighted by atomic mass is 10.4. The lowest BCUT2D eigenvalue weighted by Gasteiger charge is -2.02. The normalized spacial score (nSPS) is 11.7. The van der Waals surface area contributed by atoms with Crippen LogP contribution in [0.3, 0.4) is 0 Å². The molecule has 0 radical (unpaired) electrons. The van der Waals surface area contributed by atoms with Gasteiger partial charge >= 0.3 is 5.97 Å². The van der Waals surface area contributed by atoms with E-state index >= 15 is 0 Å². The third-order valence-corrected chi connectivity index (χ3v) is 4.24. The fourth-order valence-electron chi connectivity index (χ4n) is 1.67. The molecule has 0 aliphatic carbocycles. The number of aryl methyl sites for hydroxylation is 2. The first-order valence-corrected chi connectivity index (χ1v) is 7.58. The zero-order valence-electron chi connectivity index (χ0n) is 11.4. The first kappa shape index (κ1) is 15.3. The molecule has 0 amide bonds. The van der Waals surface area contributed by atoms with E-state index in [4.69, 9.17) is 13.9 Å². The molecule has 0 saturated heterocycles. The van der Waals surface area contributed by atoms with Gasteiger partial charge in [0, 0.05) is 12.5 Å². The molecule has 21 heavy (non-hydrogen) atoms. The Bertz CT molecular complexity index is 759. The molecule has 0 aliphatic rings. The number of furan rings is 1. The Balaban J connectivity index is 2.16. The molecule has 2 aromatic rings. The van der Waals surface area contributed by atoms with Crippen LogP contribution in [0.2, 0.25) is 0 Å². The monoisotopic (exact) mass is 314 g/mol. The van der Waals surface area contributed by atoms with Crippen LogP contribution < -0.4 is 4.72 Å². The topological polar surface area (TPSA) is 123 Å². The maximum Gasteiger partial charge on any atom is 0.371 e. The SMILES string of the molecule is CCc1cnc(CNS(=O)(=O)c2cc(C(=O)O)oc2C)o1. The van der Waals surface area contributed by atoms with Crippen LogP contribution in [-0.2, 0) is 23.0 Å². The van der Waals surface area contributed by atoms with Crippen LogP contribution in [0.25, 0.3) is 0 Å². The minimum Gasteiger partial charge on any atom is -0.475 e. The summed E-state index contributed by atoms with van der Waals surface area (Å²) in [7, 11) is -3.91. The van der Waals surface area contributed by atoms with Gasteiger partial charge < -0.3 is 13.9 Å². The Morgan fingerprint density at radius 1 is 1.43 bits per heavy atom. The number of oxazole rings is 1. The number of aromatic nitrogens is 1. The Kier molecular flexibility index (Phi) is 4.14. The van der Waals surface area contributed by atoms with Crippen molar-refractivity contribution < 1.29 is 27.2 Å². The summed E-state index contributed by atoms with van der Waals surface area (Å²) in [5.41, 5.74) is 0. The molecule has 0 saturated carbocycles. The van der Waals surface area contributed by atoms with Gasteiger partial charge in [-0.1, -0.05) is 6.92 Å². The lowest BCUT2D eigenvalue weighted by Crippen LogP contribution is -2.23. The van der Waals surface area contributed by atoms with Crippen molar-refractivity contribution in [1.82, 2.24) is 9.71 Å². The number of rotatable bonds is 6. The number of hydrogen-bond acceptors (Lipinski definition) is 6. The number of nitrogens with one attached hydrogen (secondary N) is 1. The van der Waals surface area contributed by atoms with Gasteiger partial charge in [0.05, 0.1) is 12.7 Å². The molecule has 2 N–H and O–H groups in total. The fraction of sp³-hybridized carbons (Fsp3) is 0.333. The summed E-state index contributed by atoms with van der Waals surface area (Å²) in [5, 5.41) is 8.79. The van der Waals surface area contributed by atoms with Crippen molar-refractivity contribution in [2.75, 3.05) is 0 Å². The number of carbonyl (C=O) groups is 1. The zero-order valence-corrected chi connectivity index (χ0v) is 12.2. The number of nitrogens with zero attached hydrogens (tertiary/aromatic N) is 1. The van der Waals surface area contributed by atoms with Gasteiger partial charge in [0.25, 0.3) is 0 Å². The second-order valence-corrected chi connectivity index (χ2v) is 5.97. The molecule has 0 aliphatic heterocycles. The van der Waals surface area contributed by atoms with Gasteiger partial charge in [-0.05, 0) is 6.92 Å². The van der Waals surface area contributed by atoms with E-state index in [1.54, 1.807) is 0 Å². The number of carboxylic acid groups (broad SMARTS) is 1. The van der Waals surface area contributed by atoms with Crippen molar-refractivity contribution in [1.29, 1.82) is 0 Å². The molecule has 9 heteroatoms. The average molecular weight is 314 g/mol. The molecule has 0 fully saturated rings. The van der Waals surface area contributed by atoms with Gasteiger partial charge in [0.2, 0.25) is 21.7 Å². The van der Waals surface area contributed by atoms with Crippen molar-refractivity contribution >= 4 is 16.0 Å². The van der Waals surface area contributed by atoms with Crippen LogP contribution in [0.1, 0.15) is 34.9 Å². The van der Waals surface area contributed by atoms with Gasteiger partial charge in [0.1, 0.15) is 16.4 Å². The quantitative estimate of drug-likeness (QED) is 0.824. The summed E-state index contributed by atoms with van der Waals surface area (Å²) >= 11 is 0. The Morgan fingerprint density at radius 2 is 2.14 bits per heavy atom. The van der Waals surface area contributed by atoms with Gasteiger partial charge in [-0.25, -0.2) is 22.9 Å². The van der Waals surface area contributed by atoms with Gasteiger partial charge in [0.15, 0.2) is 0 Å². The van der Waals surface area contributed by atoms with E-state index < -0.39 is 21.8 Å². The minimum atomic E-state index is -3.91. The predicted molar refractivity (Wildman–Crippen MR) is 70.3 cm³/mol. The van der Waals surface area contributed by atoms with E-state index in [2.05, 4.69) is 9.71 Å². The standard InChI is InChI=1S/C12H14N2O6S/c1-3-8-5-13-11(20-8)6-14-21(17,18)10-4-9(12(15)16)19-7(10)2/h4-5,14H,3,6H2,1-2H3,(H,15,16). The first-order valence-electron chi connectivity index (χ1n) is 6.10. The van der Waals surface area contributed by atoms with E-state index in [9.17, 15) is 13.2 Å². The van der Waals surface area contributed by atoms with E-state index in [0.717, 1.165) is 6.07 Å². The largest absolute Gasteiger partial charge is 0.475 e. The number of sulfonamides is 1. The summed E-state index contributed by atoms with van der Waals surface area (Å²) in [5.74, 6) is -0.884. The first-order chi connectivity index (χ1) is 9.83. The molecule has 0 aromatic carbocycles.